The van der Waals surface area contributed by atoms with Gasteiger partial charge in [-0.3, -0.25) is 24.9 Å². The number of alkyl halides is 2. The first-order valence-corrected chi connectivity index (χ1v) is 15.9. The topological polar surface area (TPSA) is 98.8 Å². The predicted octanol–water partition coefficient (Wildman–Crippen LogP) is 6.68. The Balaban J connectivity index is 1.08. The summed E-state index contributed by atoms with van der Waals surface area (Å²) in [4.78, 5) is 21.3. The Hall–Kier alpha value is -4.81. The minimum absolute atomic E-state index is 0.121. The van der Waals surface area contributed by atoms with Crippen LogP contribution in [0.4, 0.5) is 13.2 Å². The van der Waals surface area contributed by atoms with E-state index in [1.807, 2.05) is 30.3 Å². The number of nitrogens with one attached hydrogen (secondary N) is 2. The molecule has 0 radical (unpaired) electrons. The summed E-state index contributed by atoms with van der Waals surface area (Å²) in [5.41, 5.74) is 7.30. The summed E-state index contributed by atoms with van der Waals surface area (Å²) in [6, 6.07) is 12.5. The normalized spacial score (nSPS) is 16.9. The van der Waals surface area contributed by atoms with Crippen molar-refractivity contribution in [2.45, 2.75) is 31.7 Å². The highest BCUT2D eigenvalue weighted by atomic mass is 19.3. The lowest BCUT2D eigenvalue weighted by molar-refractivity contribution is 0.0115. The predicted molar refractivity (Wildman–Crippen MR) is 174 cm³/mol. The molecule has 0 amide bonds. The third-order valence-electron chi connectivity index (χ3n) is 9.01. The minimum Gasteiger partial charge on any atom is -0.492 e. The number of hydrogen-bond acceptors (Lipinski definition) is 7. The van der Waals surface area contributed by atoms with E-state index in [9.17, 15) is 13.2 Å². The van der Waals surface area contributed by atoms with Crippen LogP contribution in [0.15, 0.2) is 67.3 Å². The Morgan fingerprint density at radius 1 is 0.872 bits per heavy atom. The third-order valence-corrected chi connectivity index (χ3v) is 9.01. The Morgan fingerprint density at radius 3 is 2.60 bits per heavy atom. The first-order chi connectivity index (χ1) is 22.9. The maximum atomic E-state index is 14.8. The van der Waals surface area contributed by atoms with Crippen molar-refractivity contribution in [1.82, 2.24) is 39.9 Å². The van der Waals surface area contributed by atoms with Gasteiger partial charge in [0.05, 0.1) is 35.2 Å². The number of aromatic amines is 2. The van der Waals surface area contributed by atoms with Crippen LogP contribution in [0.5, 0.6) is 5.75 Å². The molecule has 0 aliphatic carbocycles. The molecule has 2 aliphatic rings. The molecule has 2 N–H and O–H groups in total. The molecular formula is C35H33F3N8O. The quantitative estimate of drug-likeness (QED) is 0.182. The van der Waals surface area contributed by atoms with Gasteiger partial charge in [-0.05, 0) is 73.5 Å². The van der Waals surface area contributed by atoms with Crippen molar-refractivity contribution in [1.29, 1.82) is 0 Å². The fourth-order valence-electron chi connectivity index (χ4n) is 6.67. The molecule has 7 heterocycles. The van der Waals surface area contributed by atoms with Crippen LogP contribution in [-0.2, 0) is 6.54 Å². The summed E-state index contributed by atoms with van der Waals surface area (Å²) < 4.78 is 48.2. The Morgan fingerprint density at radius 2 is 1.74 bits per heavy atom. The minimum atomic E-state index is -2.64. The Bertz CT molecular complexity index is 2070. The maximum Gasteiger partial charge on any atom is 0.261 e. The third kappa shape index (κ3) is 6.18. The van der Waals surface area contributed by atoms with Gasteiger partial charge in [-0.2, -0.15) is 5.10 Å². The van der Waals surface area contributed by atoms with Crippen molar-refractivity contribution >= 4 is 21.9 Å². The van der Waals surface area contributed by atoms with Crippen LogP contribution in [0.1, 0.15) is 24.8 Å². The molecule has 240 valence electrons. The molecule has 2 fully saturated rings. The monoisotopic (exact) mass is 638 g/mol. The summed E-state index contributed by atoms with van der Waals surface area (Å²) in [5.74, 6) is -2.53. The highest BCUT2D eigenvalue weighted by molar-refractivity contribution is 6.00. The summed E-state index contributed by atoms with van der Waals surface area (Å²) in [6.45, 7) is 4.00. The van der Waals surface area contributed by atoms with Crippen LogP contribution in [-0.4, -0.2) is 85.2 Å². The van der Waals surface area contributed by atoms with Gasteiger partial charge < -0.3 is 9.72 Å². The van der Waals surface area contributed by atoms with Gasteiger partial charge in [0.1, 0.15) is 29.4 Å². The van der Waals surface area contributed by atoms with Gasteiger partial charge in [0.15, 0.2) is 0 Å². The number of pyridine rings is 3. The molecule has 0 saturated carbocycles. The van der Waals surface area contributed by atoms with Gasteiger partial charge in [0.2, 0.25) is 0 Å². The fraction of sp³-hybridized carbons (Fsp3) is 0.314. The second-order valence-electron chi connectivity index (χ2n) is 12.5. The van der Waals surface area contributed by atoms with E-state index in [0.29, 0.717) is 47.9 Å². The molecule has 2 saturated heterocycles. The molecule has 6 aromatic rings. The summed E-state index contributed by atoms with van der Waals surface area (Å²) in [7, 11) is 0. The summed E-state index contributed by atoms with van der Waals surface area (Å²) >= 11 is 0. The first-order valence-electron chi connectivity index (χ1n) is 15.9. The lowest BCUT2D eigenvalue weighted by Crippen LogP contribution is -2.25. The number of rotatable bonds is 9. The van der Waals surface area contributed by atoms with Crippen LogP contribution in [0.25, 0.3) is 55.7 Å². The largest absolute Gasteiger partial charge is 0.492 e. The zero-order valence-electron chi connectivity index (χ0n) is 25.6. The Kier molecular flexibility index (Phi) is 7.61. The molecule has 0 bridgehead atoms. The molecule has 0 unspecified atom stereocenters. The Labute approximate surface area is 268 Å². The maximum absolute atomic E-state index is 14.8. The van der Waals surface area contributed by atoms with E-state index < -0.39 is 5.92 Å². The van der Waals surface area contributed by atoms with Crippen molar-refractivity contribution in [3.63, 3.8) is 0 Å². The second kappa shape index (κ2) is 12.1. The van der Waals surface area contributed by atoms with Crippen molar-refractivity contribution in [2.75, 3.05) is 39.3 Å². The lowest BCUT2D eigenvalue weighted by atomic mass is 10.0. The van der Waals surface area contributed by atoms with E-state index in [1.54, 1.807) is 29.7 Å². The smallest absolute Gasteiger partial charge is 0.261 e. The zero-order valence-corrected chi connectivity index (χ0v) is 25.6. The highest BCUT2D eigenvalue weighted by Crippen LogP contribution is 2.35. The lowest BCUT2D eigenvalue weighted by Gasteiger charge is -2.15. The number of nitrogens with zero attached hydrogens (tertiary/aromatic N) is 6. The van der Waals surface area contributed by atoms with Crippen molar-refractivity contribution in [3.8, 4) is 39.5 Å². The van der Waals surface area contributed by atoms with Crippen molar-refractivity contribution in [2.24, 2.45) is 0 Å². The van der Waals surface area contributed by atoms with Gasteiger partial charge >= 0.3 is 0 Å². The van der Waals surface area contributed by atoms with E-state index in [4.69, 9.17) is 9.72 Å². The van der Waals surface area contributed by atoms with Crippen LogP contribution < -0.4 is 4.74 Å². The van der Waals surface area contributed by atoms with Gasteiger partial charge in [-0.25, -0.2) is 18.2 Å². The zero-order chi connectivity index (χ0) is 32.0. The van der Waals surface area contributed by atoms with Crippen LogP contribution in [0.2, 0.25) is 0 Å². The molecule has 1 aromatic carbocycles. The van der Waals surface area contributed by atoms with E-state index >= 15 is 0 Å². The van der Waals surface area contributed by atoms with E-state index in [-0.39, 0.29) is 18.8 Å². The van der Waals surface area contributed by atoms with Gasteiger partial charge in [-0.1, -0.05) is 0 Å². The molecule has 2 aliphatic heterocycles. The standard InChI is InChI=1S/C35H33F3N8O/c36-25-12-23(13-26(14-25)47-10-9-45-6-1-2-7-45)28-18-40-19-32-27(28)15-31(41-32)34-33-30(43-44-34)4-3-29(42-33)24-11-22(16-39-17-24)20-46-8-5-35(37,38)21-46/h3-4,11-19,41H,1-2,5-10,20-21H2,(H,43,44). The SMILES string of the molecule is Fc1cc(OCCN2CCCC2)cc(-c2cncc3[nH]c(-c4n[nH]c5ccc(-c6cncc(CN7CCC(F)(F)C7)c6)nc45)cc23)c1. The molecule has 9 nitrogen and oxygen atoms in total. The van der Waals surface area contributed by atoms with E-state index in [2.05, 4.69) is 30.0 Å². The fourth-order valence-corrected chi connectivity index (χ4v) is 6.67. The summed E-state index contributed by atoms with van der Waals surface area (Å²) in [5, 5.41) is 8.50. The molecule has 47 heavy (non-hydrogen) atoms. The van der Waals surface area contributed by atoms with Crippen LogP contribution >= 0.6 is 0 Å². The average molecular weight is 639 g/mol. The molecule has 5 aromatic heterocycles. The number of halogens is 3. The number of ether oxygens (including phenoxy) is 1. The molecule has 8 rings (SSSR count). The van der Waals surface area contributed by atoms with Crippen molar-refractivity contribution in [3.05, 3.63) is 78.6 Å². The molecular weight excluding hydrogens is 605 g/mol. The number of fused-ring (bicyclic) bond motifs is 2. The molecule has 0 atom stereocenters. The number of aromatic nitrogens is 6. The molecule has 12 heteroatoms. The van der Waals surface area contributed by atoms with Gasteiger partial charge in [-0.15, -0.1) is 0 Å². The highest BCUT2D eigenvalue weighted by Gasteiger charge is 2.38. The molecule has 0 spiro atoms. The van der Waals surface area contributed by atoms with Gasteiger partial charge in [0, 0.05) is 67.2 Å². The van der Waals surface area contributed by atoms with Crippen LogP contribution in [0.3, 0.4) is 0 Å². The number of H-pyrrole nitrogens is 2. The first kappa shape index (κ1) is 29.6. The number of likely N-dealkylation sites (tertiary alicyclic amines) is 2. The second-order valence-corrected chi connectivity index (χ2v) is 12.5. The van der Waals surface area contributed by atoms with E-state index in [1.165, 1.54) is 25.0 Å². The van der Waals surface area contributed by atoms with Crippen molar-refractivity contribution < 1.29 is 17.9 Å². The van der Waals surface area contributed by atoms with Gasteiger partial charge in [0.25, 0.3) is 5.92 Å². The number of benzene rings is 1. The number of hydrogen-bond donors (Lipinski definition) is 2. The average Bonchev–Trinajstić information content (AvgIpc) is 3.87. The van der Waals surface area contributed by atoms with E-state index in [0.717, 1.165) is 58.4 Å². The van der Waals surface area contributed by atoms with Crippen LogP contribution in [0, 0.1) is 5.82 Å². The summed E-state index contributed by atoms with van der Waals surface area (Å²) in [6.07, 6.45) is 9.19.